The summed E-state index contributed by atoms with van der Waals surface area (Å²) in [6.45, 7) is 5.42. The monoisotopic (exact) mass is 205 g/mol. The maximum absolute atomic E-state index is 9.34. The van der Waals surface area contributed by atoms with E-state index < -0.39 is 0 Å². The second-order valence-corrected chi connectivity index (χ2v) is 4.40. The summed E-state index contributed by atoms with van der Waals surface area (Å²) in [6.07, 6.45) is 5.39. The number of hydrogen-bond acceptors (Lipinski definition) is 3. The number of aliphatic hydroxyl groups excluding tert-OH is 1. The van der Waals surface area contributed by atoms with Gasteiger partial charge in [-0.1, -0.05) is 13.8 Å². The Morgan fingerprint density at radius 2 is 2.08 bits per heavy atom. The van der Waals surface area contributed by atoms with E-state index in [0.29, 0.717) is 0 Å². The molecule has 0 saturated heterocycles. The third-order valence-corrected chi connectivity index (χ3v) is 3.23. The van der Waals surface area contributed by atoms with Gasteiger partial charge in [0.15, 0.2) is 0 Å². The maximum Gasteiger partial charge on any atom is 0.0613 e. The van der Waals surface area contributed by atoms with E-state index >= 15 is 0 Å². The molecule has 0 aliphatic carbocycles. The molecule has 0 radical (unpaired) electrons. The van der Waals surface area contributed by atoms with Gasteiger partial charge in [-0.2, -0.15) is 11.8 Å². The molecule has 0 bridgehead atoms. The lowest BCUT2D eigenvalue weighted by Crippen LogP contribution is -2.48. The van der Waals surface area contributed by atoms with Crippen molar-refractivity contribution < 1.29 is 5.11 Å². The quantitative estimate of drug-likeness (QED) is 0.593. The minimum atomic E-state index is -0.0233. The molecule has 0 amide bonds. The first-order valence-electron chi connectivity index (χ1n) is 5.09. The van der Waals surface area contributed by atoms with Crippen molar-refractivity contribution in [2.45, 2.75) is 38.6 Å². The zero-order valence-corrected chi connectivity index (χ0v) is 9.91. The standard InChI is InChI=1S/C10H23NOS/c1-4-10(9-12,11-5-2)7-6-8-13-3/h11-12H,4-9H2,1-3H3. The van der Waals surface area contributed by atoms with E-state index in [-0.39, 0.29) is 12.1 Å². The summed E-state index contributed by atoms with van der Waals surface area (Å²) < 4.78 is 0. The second kappa shape index (κ2) is 7.65. The average Bonchev–Trinajstić information content (AvgIpc) is 2.17. The molecule has 0 spiro atoms. The molecular formula is C10H23NOS. The van der Waals surface area contributed by atoms with Gasteiger partial charge in [-0.25, -0.2) is 0 Å². The van der Waals surface area contributed by atoms with Gasteiger partial charge in [0.1, 0.15) is 0 Å². The summed E-state index contributed by atoms with van der Waals surface area (Å²) in [5.74, 6) is 1.19. The molecule has 0 aromatic carbocycles. The maximum atomic E-state index is 9.34. The molecular weight excluding hydrogens is 182 g/mol. The molecule has 2 nitrogen and oxygen atoms in total. The first kappa shape index (κ1) is 13.3. The Labute approximate surface area is 86.5 Å². The van der Waals surface area contributed by atoms with Crippen LogP contribution in [0.3, 0.4) is 0 Å². The van der Waals surface area contributed by atoms with E-state index in [2.05, 4.69) is 25.4 Å². The Hall–Kier alpha value is 0.270. The van der Waals surface area contributed by atoms with Crippen molar-refractivity contribution in [3.63, 3.8) is 0 Å². The highest BCUT2D eigenvalue weighted by Crippen LogP contribution is 2.17. The van der Waals surface area contributed by atoms with Gasteiger partial charge < -0.3 is 10.4 Å². The minimum absolute atomic E-state index is 0.0233. The Balaban J connectivity index is 3.89. The van der Waals surface area contributed by atoms with Crippen LogP contribution in [-0.4, -0.2) is 35.8 Å². The number of hydrogen-bond donors (Lipinski definition) is 2. The van der Waals surface area contributed by atoms with E-state index in [0.717, 1.165) is 19.4 Å². The van der Waals surface area contributed by atoms with E-state index in [1.54, 1.807) is 0 Å². The molecule has 0 heterocycles. The van der Waals surface area contributed by atoms with E-state index in [4.69, 9.17) is 0 Å². The predicted octanol–water partition coefficient (Wildman–Crippen LogP) is 1.88. The highest BCUT2D eigenvalue weighted by molar-refractivity contribution is 7.98. The van der Waals surface area contributed by atoms with Crippen molar-refractivity contribution in [3.05, 3.63) is 0 Å². The molecule has 1 atom stereocenters. The topological polar surface area (TPSA) is 32.3 Å². The van der Waals surface area contributed by atoms with Crippen molar-refractivity contribution in [2.75, 3.05) is 25.2 Å². The summed E-state index contributed by atoms with van der Waals surface area (Å²) in [7, 11) is 0. The minimum Gasteiger partial charge on any atom is -0.394 e. The Morgan fingerprint density at radius 3 is 2.46 bits per heavy atom. The highest BCUT2D eigenvalue weighted by Gasteiger charge is 2.24. The number of aliphatic hydroxyl groups is 1. The van der Waals surface area contributed by atoms with Crippen molar-refractivity contribution in [1.82, 2.24) is 5.32 Å². The molecule has 3 heteroatoms. The summed E-state index contributed by atoms with van der Waals surface area (Å²) in [5, 5.41) is 12.7. The Morgan fingerprint density at radius 1 is 1.38 bits per heavy atom. The Kier molecular flexibility index (Phi) is 7.81. The van der Waals surface area contributed by atoms with Gasteiger partial charge in [0.2, 0.25) is 0 Å². The molecule has 0 saturated carbocycles. The van der Waals surface area contributed by atoms with Crippen LogP contribution in [0.5, 0.6) is 0 Å². The molecule has 0 aliphatic rings. The molecule has 13 heavy (non-hydrogen) atoms. The van der Waals surface area contributed by atoms with Crippen molar-refractivity contribution in [2.24, 2.45) is 0 Å². The number of thioether (sulfide) groups is 1. The smallest absolute Gasteiger partial charge is 0.0613 e. The molecule has 0 rings (SSSR count). The van der Waals surface area contributed by atoms with E-state index in [1.165, 1.54) is 12.2 Å². The van der Waals surface area contributed by atoms with Gasteiger partial charge in [-0.3, -0.25) is 0 Å². The molecule has 2 N–H and O–H groups in total. The molecule has 0 fully saturated rings. The summed E-state index contributed by atoms with van der Waals surface area (Å²) >= 11 is 1.87. The lowest BCUT2D eigenvalue weighted by molar-refractivity contribution is 0.148. The molecule has 1 unspecified atom stereocenters. The van der Waals surface area contributed by atoms with Gasteiger partial charge in [-0.05, 0) is 37.8 Å². The zero-order chi connectivity index (χ0) is 10.2. The van der Waals surface area contributed by atoms with Crippen LogP contribution < -0.4 is 5.32 Å². The first-order chi connectivity index (χ1) is 6.24. The van der Waals surface area contributed by atoms with Gasteiger partial charge in [0, 0.05) is 5.54 Å². The second-order valence-electron chi connectivity index (χ2n) is 3.42. The van der Waals surface area contributed by atoms with Crippen LogP contribution in [-0.2, 0) is 0 Å². The van der Waals surface area contributed by atoms with Crippen molar-refractivity contribution in [1.29, 1.82) is 0 Å². The predicted molar refractivity (Wildman–Crippen MR) is 61.4 cm³/mol. The molecule has 80 valence electrons. The van der Waals surface area contributed by atoms with Crippen LogP contribution in [0.25, 0.3) is 0 Å². The van der Waals surface area contributed by atoms with Crippen LogP contribution >= 0.6 is 11.8 Å². The van der Waals surface area contributed by atoms with Crippen LogP contribution in [0.15, 0.2) is 0 Å². The fraction of sp³-hybridized carbons (Fsp3) is 1.00. The highest BCUT2D eigenvalue weighted by atomic mass is 32.2. The number of nitrogens with one attached hydrogen (secondary N) is 1. The van der Waals surface area contributed by atoms with Crippen LogP contribution in [0.4, 0.5) is 0 Å². The molecule has 0 aromatic heterocycles. The lowest BCUT2D eigenvalue weighted by Gasteiger charge is -2.31. The van der Waals surface area contributed by atoms with Crippen molar-refractivity contribution >= 4 is 11.8 Å². The normalized spacial score (nSPS) is 15.7. The van der Waals surface area contributed by atoms with Gasteiger partial charge >= 0.3 is 0 Å². The van der Waals surface area contributed by atoms with Gasteiger partial charge in [-0.15, -0.1) is 0 Å². The third-order valence-electron chi connectivity index (χ3n) is 2.54. The fourth-order valence-electron chi connectivity index (χ4n) is 1.57. The summed E-state index contributed by atoms with van der Waals surface area (Å²) in [5.41, 5.74) is -0.0233. The van der Waals surface area contributed by atoms with Crippen LogP contribution in [0.2, 0.25) is 0 Å². The Bertz CT molecular complexity index is 115. The van der Waals surface area contributed by atoms with Crippen molar-refractivity contribution in [3.8, 4) is 0 Å². The largest absolute Gasteiger partial charge is 0.394 e. The molecule has 0 aliphatic heterocycles. The first-order valence-corrected chi connectivity index (χ1v) is 6.49. The average molecular weight is 205 g/mol. The van der Waals surface area contributed by atoms with Gasteiger partial charge in [0.05, 0.1) is 6.61 Å². The van der Waals surface area contributed by atoms with E-state index in [1.807, 2.05) is 11.8 Å². The zero-order valence-electron chi connectivity index (χ0n) is 9.10. The summed E-state index contributed by atoms with van der Waals surface area (Å²) in [6, 6.07) is 0. The van der Waals surface area contributed by atoms with Gasteiger partial charge in [0.25, 0.3) is 0 Å². The summed E-state index contributed by atoms with van der Waals surface area (Å²) in [4.78, 5) is 0. The van der Waals surface area contributed by atoms with Crippen LogP contribution in [0.1, 0.15) is 33.1 Å². The number of likely N-dealkylation sites (N-methyl/N-ethyl adjacent to an activating group) is 1. The fourth-order valence-corrected chi connectivity index (χ4v) is 2.00. The number of rotatable bonds is 8. The lowest BCUT2D eigenvalue weighted by atomic mass is 9.91. The third kappa shape index (κ3) is 4.89. The molecule has 0 aromatic rings. The van der Waals surface area contributed by atoms with E-state index in [9.17, 15) is 5.11 Å². The SMILES string of the molecule is CCNC(CC)(CO)CCCSC. The van der Waals surface area contributed by atoms with Crippen LogP contribution in [0, 0.1) is 0 Å².